The van der Waals surface area contributed by atoms with E-state index in [-0.39, 0.29) is 22.0 Å². The predicted molar refractivity (Wildman–Crippen MR) is 62.4 cm³/mol. The maximum atomic E-state index is 12.2. The number of aromatic nitrogens is 2. The van der Waals surface area contributed by atoms with Gasteiger partial charge in [-0.2, -0.15) is 0 Å². The summed E-state index contributed by atoms with van der Waals surface area (Å²) in [4.78, 5) is 25.4. The lowest BCUT2D eigenvalue weighted by atomic mass is 9.99. The molecule has 7 nitrogen and oxygen atoms in total. The maximum absolute atomic E-state index is 12.2. The van der Waals surface area contributed by atoms with Gasteiger partial charge in [0.15, 0.2) is 0 Å². The van der Waals surface area contributed by atoms with Gasteiger partial charge in [-0.25, -0.2) is 0 Å². The third-order valence-corrected chi connectivity index (χ3v) is 3.46. The minimum Gasteiger partial charge on any atom is -0.374 e. The van der Waals surface area contributed by atoms with E-state index >= 15 is 0 Å². The Labute approximate surface area is 102 Å². The number of carbonyl (C=O) groups excluding carboxylic acids is 2. The molecule has 0 bridgehead atoms. The van der Waals surface area contributed by atoms with E-state index in [0.29, 0.717) is 13.1 Å². The Bertz CT molecular complexity index is 470. The molecule has 0 spiro atoms. The lowest BCUT2D eigenvalue weighted by Gasteiger charge is -2.40. The molecule has 1 aromatic heterocycles. The molecule has 2 heterocycles. The Morgan fingerprint density at radius 1 is 1.53 bits per heavy atom. The van der Waals surface area contributed by atoms with Crippen molar-refractivity contribution in [2.75, 3.05) is 18.8 Å². The minimum absolute atomic E-state index is 0.172. The van der Waals surface area contributed by atoms with Gasteiger partial charge in [-0.3, -0.25) is 9.59 Å². The lowest BCUT2D eigenvalue weighted by molar-refractivity contribution is -0.133. The highest BCUT2D eigenvalue weighted by molar-refractivity contribution is 7.16. The van der Waals surface area contributed by atoms with Crippen molar-refractivity contribution in [1.82, 2.24) is 20.4 Å². The van der Waals surface area contributed by atoms with E-state index in [0.717, 1.165) is 11.3 Å². The number of carbonyl (C=O) groups is 2. The number of nitrogen functional groups attached to an aromatic ring is 1. The van der Waals surface area contributed by atoms with Gasteiger partial charge in [0.05, 0.1) is 0 Å². The van der Waals surface area contributed by atoms with Crippen molar-refractivity contribution in [3.8, 4) is 0 Å². The molecular weight excluding hydrogens is 242 g/mol. The van der Waals surface area contributed by atoms with Crippen molar-refractivity contribution >= 4 is 28.3 Å². The third-order valence-electron chi connectivity index (χ3n) is 2.72. The smallest absolute Gasteiger partial charge is 0.285 e. The highest BCUT2D eigenvalue weighted by Crippen LogP contribution is 2.22. The van der Waals surface area contributed by atoms with Gasteiger partial charge in [0.2, 0.25) is 16.0 Å². The number of rotatable bonds is 1. The number of hydrogen-bond donors (Lipinski definition) is 2. The molecule has 0 radical (unpaired) electrons. The molecule has 0 saturated carbocycles. The first kappa shape index (κ1) is 11.8. The van der Waals surface area contributed by atoms with Gasteiger partial charge in [-0.05, 0) is 13.8 Å². The molecule has 1 fully saturated rings. The molecule has 17 heavy (non-hydrogen) atoms. The largest absolute Gasteiger partial charge is 0.374 e. The highest BCUT2D eigenvalue weighted by atomic mass is 32.1. The summed E-state index contributed by atoms with van der Waals surface area (Å²) in [6.45, 7) is 4.30. The fourth-order valence-electron chi connectivity index (χ4n) is 1.69. The summed E-state index contributed by atoms with van der Waals surface area (Å²) in [6.07, 6.45) is 0. The zero-order valence-electron chi connectivity index (χ0n) is 9.56. The second kappa shape index (κ2) is 3.95. The summed E-state index contributed by atoms with van der Waals surface area (Å²) >= 11 is 1.02. The van der Waals surface area contributed by atoms with Gasteiger partial charge < -0.3 is 16.0 Å². The molecule has 8 heteroatoms. The highest BCUT2D eigenvalue weighted by Gasteiger charge is 2.41. The van der Waals surface area contributed by atoms with Crippen LogP contribution in [0.25, 0.3) is 0 Å². The van der Waals surface area contributed by atoms with E-state index in [4.69, 9.17) is 5.73 Å². The van der Waals surface area contributed by atoms with Gasteiger partial charge in [0.25, 0.3) is 5.91 Å². The maximum Gasteiger partial charge on any atom is 0.285 e. The van der Waals surface area contributed by atoms with Crippen molar-refractivity contribution in [1.29, 1.82) is 0 Å². The van der Waals surface area contributed by atoms with Crippen LogP contribution in [0.5, 0.6) is 0 Å². The Morgan fingerprint density at radius 3 is 2.82 bits per heavy atom. The molecule has 0 atom stereocenters. The lowest BCUT2D eigenvalue weighted by Crippen LogP contribution is -2.63. The average Bonchev–Trinajstić information content (AvgIpc) is 2.68. The molecule has 1 saturated heterocycles. The number of hydrogen-bond acceptors (Lipinski definition) is 6. The topological polar surface area (TPSA) is 101 Å². The summed E-state index contributed by atoms with van der Waals surface area (Å²) < 4.78 is 0. The first-order chi connectivity index (χ1) is 7.93. The monoisotopic (exact) mass is 255 g/mol. The Hall–Kier alpha value is -1.70. The molecule has 3 N–H and O–H groups in total. The number of nitrogens with one attached hydrogen (secondary N) is 1. The van der Waals surface area contributed by atoms with Crippen LogP contribution >= 0.6 is 11.3 Å². The van der Waals surface area contributed by atoms with Gasteiger partial charge in [0.1, 0.15) is 5.54 Å². The fraction of sp³-hybridized carbons (Fsp3) is 0.556. The number of amides is 2. The second-order valence-electron chi connectivity index (χ2n) is 4.22. The standard InChI is InChI=1S/C9H13N5O2S/c1-9(2)7(16)11-3-4-14(9)6(15)5-12-13-8(10)17-5/h3-4H2,1-2H3,(H2,10,13)(H,11,16). The van der Waals surface area contributed by atoms with E-state index in [1.165, 1.54) is 4.90 Å². The summed E-state index contributed by atoms with van der Waals surface area (Å²) in [7, 11) is 0. The average molecular weight is 255 g/mol. The van der Waals surface area contributed by atoms with Crippen molar-refractivity contribution < 1.29 is 9.59 Å². The van der Waals surface area contributed by atoms with Crippen molar-refractivity contribution in [2.24, 2.45) is 0 Å². The van der Waals surface area contributed by atoms with Gasteiger partial charge >= 0.3 is 0 Å². The molecular formula is C9H13N5O2S. The third kappa shape index (κ3) is 1.95. The van der Waals surface area contributed by atoms with Crippen LogP contribution in [-0.2, 0) is 4.79 Å². The Morgan fingerprint density at radius 2 is 2.24 bits per heavy atom. The van der Waals surface area contributed by atoms with Crippen molar-refractivity contribution in [2.45, 2.75) is 19.4 Å². The van der Waals surface area contributed by atoms with Crippen LogP contribution in [0, 0.1) is 0 Å². The first-order valence-electron chi connectivity index (χ1n) is 5.12. The van der Waals surface area contributed by atoms with Crippen LogP contribution < -0.4 is 11.1 Å². The molecule has 2 amide bonds. The van der Waals surface area contributed by atoms with Crippen LogP contribution in [0.1, 0.15) is 23.6 Å². The normalized spacial score (nSPS) is 18.9. The molecule has 1 aliphatic heterocycles. The summed E-state index contributed by atoms with van der Waals surface area (Å²) in [5, 5.41) is 10.5. The number of nitrogens with zero attached hydrogens (tertiary/aromatic N) is 3. The Balaban J connectivity index is 2.27. The molecule has 2 rings (SSSR count). The predicted octanol–water partition coefficient (Wildman–Crippen LogP) is -0.529. The van der Waals surface area contributed by atoms with E-state index < -0.39 is 5.54 Å². The molecule has 1 aliphatic rings. The Kier molecular flexibility index (Phi) is 2.74. The summed E-state index contributed by atoms with van der Waals surface area (Å²) in [6, 6.07) is 0. The van der Waals surface area contributed by atoms with Crippen molar-refractivity contribution in [3.63, 3.8) is 0 Å². The quantitative estimate of drug-likeness (QED) is 0.702. The van der Waals surface area contributed by atoms with Crippen molar-refractivity contribution in [3.05, 3.63) is 5.01 Å². The fourth-order valence-corrected chi connectivity index (χ4v) is 2.25. The number of nitrogens with two attached hydrogens (primary N) is 1. The van der Waals surface area contributed by atoms with Crippen LogP contribution in [0.2, 0.25) is 0 Å². The van der Waals surface area contributed by atoms with Crippen LogP contribution in [0.4, 0.5) is 5.13 Å². The molecule has 0 aromatic carbocycles. The van der Waals surface area contributed by atoms with E-state index in [9.17, 15) is 9.59 Å². The number of piperazine rings is 1. The van der Waals surface area contributed by atoms with Gasteiger partial charge in [-0.15, -0.1) is 10.2 Å². The molecule has 1 aromatic rings. The molecule has 0 aliphatic carbocycles. The van der Waals surface area contributed by atoms with E-state index in [2.05, 4.69) is 15.5 Å². The summed E-state index contributed by atoms with van der Waals surface area (Å²) in [5.41, 5.74) is 4.56. The SMILES string of the molecule is CC1(C)C(=O)NCCN1C(=O)c1nnc(N)s1. The zero-order valence-corrected chi connectivity index (χ0v) is 10.4. The van der Waals surface area contributed by atoms with Crippen LogP contribution in [-0.4, -0.2) is 45.5 Å². The summed E-state index contributed by atoms with van der Waals surface area (Å²) in [5.74, 6) is -0.478. The minimum atomic E-state index is -0.879. The van der Waals surface area contributed by atoms with Crippen LogP contribution in [0.15, 0.2) is 0 Å². The zero-order chi connectivity index (χ0) is 12.6. The van der Waals surface area contributed by atoms with E-state index in [1.807, 2.05) is 0 Å². The van der Waals surface area contributed by atoms with Gasteiger partial charge in [0, 0.05) is 13.1 Å². The molecule has 0 unspecified atom stereocenters. The molecule has 92 valence electrons. The van der Waals surface area contributed by atoms with Gasteiger partial charge in [-0.1, -0.05) is 11.3 Å². The first-order valence-corrected chi connectivity index (χ1v) is 5.94. The second-order valence-corrected chi connectivity index (χ2v) is 5.23. The van der Waals surface area contributed by atoms with Crippen LogP contribution in [0.3, 0.4) is 0 Å². The van der Waals surface area contributed by atoms with E-state index in [1.54, 1.807) is 13.8 Å². The number of anilines is 1.